The van der Waals surface area contributed by atoms with Crippen LogP contribution in [0.25, 0.3) is 0 Å². The molecule has 0 radical (unpaired) electrons. The number of benzene rings is 1. The molecule has 1 aromatic heterocycles. The van der Waals surface area contributed by atoms with Gasteiger partial charge in [-0.3, -0.25) is 4.79 Å². The van der Waals surface area contributed by atoms with Crippen molar-refractivity contribution in [1.29, 1.82) is 0 Å². The lowest BCUT2D eigenvalue weighted by Gasteiger charge is -2.36. The van der Waals surface area contributed by atoms with Gasteiger partial charge in [0.15, 0.2) is 6.61 Å². The number of carbonyl (C=O) groups is 1. The number of halogens is 4. The van der Waals surface area contributed by atoms with Crippen LogP contribution in [0.1, 0.15) is 10.4 Å². The van der Waals surface area contributed by atoms with Gasteiger partial charge in [0.2, 0.25) is 5.88 Å². The van der Waals surface area contributed by atoms with Crippen molar-refractivity contribution in [2.24, 2.45) is 0 Å². The molecule has 2 heterocycles. The van der Waals surface area contributed by atoms with Crippen LogP contribution in [-0.2, 0) is 0 Å². The number of hydrogen-bond acceptors (Lipinski definition) is 4. The van der Waals surface area contributed by atoms with Crippen molar-refractivity contribution in [2.45, 2.75) is 6.18 Å². The first kappa shape index (κ1) is 19.3. The van der Waals surface area contributed by atoms with Crippen molar-refractivity contribution < 1.29 is 22.7 Å². The van der Waals surface area contributed by atoms with E-state index in [0.717, 1.165) is 5.69 Å². The number of ether oxygens (including phenoxy) is 1. The van der Waals surface area contributed by atoms with Gasteiger partial charge in [0.1, 0.15) is 0 Å². The highest BCUT2D eigenvalue weighted by Gasteiger charge is 2.29. The molecule has 3 rings (SSSR count). The summed E-state index contributed by atoms with van der Waals surface area (Å²) < 4.78 is 41.0. The predicted octanol–water partition coefficient (Wildman–Crippen LogP) is 3.64. The normalized spacial score (nSPS) is 15.0. The highest BCUT2D eigenvalue weighted by molar-refractivity contribution is 6.30. The molecule has 0 saturated carbocycles. The SMILES string of the molecule is O=C(c1ccc(OCC(F)(F)F)nc1)N1CCN(c2cccc(Cl)c2)CC1. The average Bonchev–Trinajstić information content (AvgIpc) is 2.66. The number of pyridine rings is 1. The first-order chi connectivity index (χ1) is 12.8. The zero-order valence-corrected chi connectivity index (χ0v) is 15.0. The van der Waals surface area contributed by atoms with E-state index in [9.17, 15) is 18.0 Å². The number of amides is 1. The van der Waals surface area contributed by atoms with E-state index in [4.69, 9.17) is 11.6 Å². The number of alkyl halides is 3. The Balaban J connectivity index is 1.56. The highest BCUT2D eigenvalue weighted by Crippen LogP contribution is 2.22. The number of piperazine rings is 1. The van der Waals surface area contributed by atoms with Gasteiger partial charge in [0, 0.05) is 49.2 Å². The fourth-order valence-corrected chi connectivity index (χ4v) is 2.96. The second-order valence-electron chi connectivity index (χ2n) is 6.05. The number of anilines is 1. The Hall–Kier alpha value is -2.48. The van der Waals surface area contributed by atoms with Crippen LogP contribution >= 0.6 is 11.6 Å². The van der Waals surface area contributed by atoms with Crippen LogP contribution in [0.5, 0.6) is 5.88 Å². The molecule has 9 heteroatoms. The first-order valence-electron chi connectivity index (χ1n) is 8.27. The summed E-state index contributed by atoms with van der Waals surface area (Å²) in [6.45, 7) is 0.951. The maximum Gasteiger partial charge on any atom is 0.422 e. The quantitative estimate of drug-likeness (QED) is 0.787. The van der Waals surface area contributed by atoms with Crippen molar-refractivity contribution in [3.05, 3.63) is 53.2 Å². The van der Waals surface area contributed by atoms with E-state index in [0.29, 0.717) is 36.8 Å². The van der Waals surface area contributed by atoms with Crippen molar-refractivity contribution in [3.8, 4) is 5.88 Å². The number of rotatable bonds is 4. The van der Waals surface area contributed by atoms with Crippen LogP contribution in [0.15, 0.2) is 42.6 Å². The molecule has 27 heavy (non-hydrogen) atoms. The van der Waals surface area contributed by atoms with Crippen molar-refractivity contribution in [1.82, 2.24) is 9.88 Å². The van der Waals surface area contributed by atoms with Gasteiger partial charge in [-0.25, -0.2) is 4.98 Å². The second kappa shape index (κ2) is 8.04. The van der Waals surface area contributed by atoms with Gasteiger partial charge in [-0.2, -0.15) is 13.2 Å². The second-order valence-corrected chi connectivity index (χ2v) is 6.48. The smallest absolute Gasteiger partial charge is 0.422 e. The number of carbonyl (C=O) groups excluding carboxylic acids is 1. The molecule has 1 fully saturated rings. The summed E-state index contributed by atoms with van der Waals surface area (Å²) in [6.07, 6.45) is -3.20. The zero-order chi connectivity index (χ0) is 19.4. The lowest BCUT2D eigenvalue weighted by molar-refractivity contribution is -0.154. The molecule has 0 aliphatic carbocycles. The third-order valence-corrected chi connectivity index (χ3v) is 4.34. The first-order valence-corrected chi connectivity index (χ1v) is 8.65. The Morgan fingerprint density at radius 3 is 2.48 bits per heavy atom. The predicted molar refractivity (Wildman–Crippen MR) is 95.4 cm³/mol. The molecule has 0 atom stereocenters. The lowest BCUT2D eigenvalue weighted by Crippen LogP contribution is -2.48. The summed E-state index contributed by atoms with van der Waals surface area (Å²) in [7, 11) is 0. The molecule has 2 aromatic rings. The van der Waals surface area contributed by atoms with Crippen molar-refractivity contribution in [3.63, 3.8) is 0 Å². The molecule has 0 bridgehead atoms. The summed E-state index contributed by atoms with van der Waals surface area (Å²) in [5, 5.41) is 0.657. The third-order valence-electron chi connectivity index (χ3n) is 4.11. The summed E-state index contributed by atoms with van der Waals surface area (Å²) in [5.41, 5.74) is 1.31. The van der Waals surface area contributed by atoms with Crippen LogP contribution in [-0.4, -0.2) is 54.8 Å². The molecule has 144 valence electrons. The standard InChI is InChI=1S/C18H17ClF3N3O2/c19-14-2-1-3-15(10-14)24-6-8-25(9-7-24)17(26)13-4-5-16(23-11-13)27-12-18(20,21)22/h1-5,10-11H,6-9,12H2. The minimum Gasteiger partial charge on any atom is -0.468 e. The van der Waals surface area contributed by atoms with E-state index in [1.807, 2.05) is 18.2 Å². The highest BCUT2D eigenvalue weighted by atomic mass is 35.5. The number of aromatic nitrogens is 1. The van der Waals surface area contributed by atoms with E-state index in [1.54, 1.807) is 11.0 Å². The third kappa shape index (κ3) is 5.26. The summed E-state index contributed by atoms with van der Waals surface area (Å²) in [6, 6.07) is 10.2. The molecule has 1 saturated heterocycles. The largest absolute Gasteiger partial charge is 0.468 e. The maximum atomic E-state index is 12.6. The molecule has 1 amide bonds. The summed E-state index contributed by atoms with van der Waals surface area (Å²) in [4.78, 5) is 20.2. The van der Waals surface area contributed by atoms with Gasteiger partial charge in [0.05, 0.1) is 5.56 Å². The van der Waals surface area contributed by atoms with Gasteiger partial charge in [0.25, 0.3) is 5.91 Å². The molecular formula is C18H17ClF3N3O2. The Morgan fingerprint density at radius 2 is 1.89 bits per heavy atom. The topological polar surface area (TPSA) is 45.7 Å². The van der Waals surface area contributed by atoms with Crippen LogP contribution in [0.3, 0.4) is 0 Å². The molecule has 5 nitrogen and oxygen atoms in total. The van der Waals surface area contributed by atoms with Gasteiger partial charge in [-0.15, -0.1) is 0 Å². The molecule has 0 N–H and O–H groups in total. The number of nitrogens with zero attached hydrogens (tertiary/aromatic N) is 3. The fraction of sp³-hybridized carbons (Fsp3) is 0.333. The van der Waals surface area contributed by atoms with Gasteiger partial charge < -0.3 is 14.5 Å². The number of hydrogen-bond donors (Lipinski definition) is 0. The Labute approximate surface area is 159 Å². The molecule has 0 unspecified atom stereocenters. The van der Waals surface area contributed by atoms with Crippen LogP contribution in [0.4, 0.5) is 18.9 Å². The van der Waals surface area contributed by atoms with E-state index >= 15 is 0 Å². The van der Waals surface area contributed by atoms with E-state index < -0.39 is 12.8 Å². The zero-order valence-electron chi connectivity index (χ0n) is 14.2. The van der Waals surface area contributed by atoms with Gasteiger partial charge in [-0.05, 0) is 24.3 Å². The fourth-order valence-electron chi connectivity index (χ4n) is 2.77. The summed E-state index contributed by atoms with van der Waals surface area (Å²) in [5.74, 6) is -0.384. The minimum atomic E-state index is -4.43. The molecular weight excluding hydrogens is 383 g/mol. The summed E-state index contributed by atoms with van der Waals surface area (Å²) >= 11 is 6.01. The Morgan fingerprint density at radius 1 is 1.15 bits per heavy atom. The van der Waals surface area contributed by atoms with Gasteiger partial charge in [-0.1, -0.05) is 17.7 Å². The van der Waals surface area contributed by atoms with Crippen LogP contribution < -0.4 is 9.64 Å². The molecule has 1 aliphatic heterocycles. The molecule has 0 spiro atoms. The van der Waals surface area contributed by atoms with Crippen LogP contribution in [0.2, 0.25) is 5.02 Å². The maximum absolute atomic E-state index is 12.6. The Kier molecular flexibility index (Phi) is 5.74. The monoisotopic (exact) mass is 399 g/mol. The molecule has 1 aromatic carbocycles. The van der Waals surface area contributed by atoms with Gasteiger partial charge >= 0.3 is 6.18 Å². The van der Waals surface area contributed by atoms with E-state index in [-0.39, 0.29) is 11.8 Å². The van der Waals surface area contributed by atoms with E-state index in [2.05, 4.69) is 14.6 Å². The van der Waals surface area contributed by atoms with Crippen LogP contribution in [0, 0.1) is 0 Å². The molecule has 1 aliphatic rings. The Bertz CT molecular complexity index is 791. The lowest BCUT2D eigenvalue weighted by atomic mass is 10.2. The van der Waals surface area contributed by atoms with Crippen molar-refractivity contribution >= 4 is 23.2 Å². The minimum absolute atomic E-state index is 0.172. The average molecular weight is 400 g/mol. The van der Waals surface area contributed by atoms with Crippen molar-refractivity contribution in [2.75, 3.05) is 37.7 Å². The van der Waals surface area contributed by atoms with E-state index in [1.165, 1.54) is 18.3 Å².